The molecule has 1 radical (unpaired) electrons. The summed E-state index contributed by atoms with van der Waals surface area (Å²) in [7, 11) is 0. The van der Waals surface area contributed by atoms with Crippen molar-refractivity contribution >= 4 is 6.29 Å². The number of aromatic hydroxyl groups is 1. The molecule has 0 aromatic heterocycles. The fourth-order valence-electron chi connectivity index (χ4n) is 1.38. The molecule has 0 atom stereocenters. The van der Waals surface area contributed by atoms with Gasteiger partial charge in [0.25, 0.3) is 0 Å². The maximum absolute atomic E-state index is 10.3. The zero-order valence-corrected chi connectivity index (χ0v) is 7.97. The largest absolute Gasteiger partial charge is 0.508 e. The Labute approximate surface area is 87.8 Å². The zero-order chi connectivity index (χ0) is 10.7. The number of carbonyl (C=O) groups excluding carboxylic acids is 1. The Bertz CT molecular complexity index is 455. The summed E-state index contributed by atoms with van der Waals surface area (Å²) < 4.78 is 0. The molecule has 0 aliphatic rings. The molecule has 0 amide bonds. The lowest BCUT2D eigenvalue weighted by atomic mass is 10.0. The molecule has 1 N–H and O–H groups in total. The first kappa shape index (κ1) is 9.46. The van der Waals surface area contributed by atoms with Gasteiger partial charge in [0, 0.05) is 5.56 Å². The molecule has 0 saturated carbocycles. The van der Waals surface area contributed by atoms with Crippen LogP contribution in [0.2, 0.25) is 0 Å². The summed E-state index contributed by atoms with van der Waals surface area (Å²) in [4.78, 5) is 10.3. The molecule has 0 fully saturated rings. The SMILES string of the molecule is O=[C]c1ccc(-c2ccc(O)cc2)cc1. The van der Waals surface area contributed by atoms with Gasteiger partial charge in [0.1, 0.15) is 5.75 Å². The molecule has 0 unspecified atom stereocenters. The molecule has 0 aliphatic carbocycles. The standard InChI is InChI=1S/C13H9O2/c14-9-10-1-3-11(4-2-10)12-5-7-13(15)8-6-12/h1-8,15H. The van der Waals surface area contributed by atoms with Crippen LogP contribution in [-0.4, -0.2) is 11.4 Å². The van der Waals surface area contributed by atoms with Crippen molar-refractivity contribution in [2.45, 2.75) is 0 Å². The molecule has 2 heteroatoms. The maximum Gasteiger partial charge on any atom is 0.233 e. The minimum Gasteiger partial charge on any atom is -0.508 e. The predicted molar refractivity (Wildman–Crippen MR) is 58.3 cm³/mol. The fraction of sp³-hybridized carbons (Fsp3) is 0. The van der Waals surface area contributed by atoms with Gasteiger partial charge in [-0.3, -0.25) is 4.79 Å². The molecule has 2 nitrogen and oxygen atoms in total. The first-order valence-electron chi connectivity index (χ1n) is 4.57. The van der Waals surface area contributed by atoms with Crippen LogP contribution in [0.1, 0.15) is 5.56 Å². The number of hydrogen-bond acceptors (Lipinski definition) is 2. The van der Waals surface area contributed by atoms with Gasteiger partial charge in [-0.1, -0.05) is 36.4 Å². The summed E-state index contributed by atoms with van der Waals surface area (Å²) in [5.41, 5.74) is 2.55. The zero-order valence-electron chi connectivity index (χ0n) is 7.97. The minimum atomic E-state index is 0.247. The van der Waals surface area contributed by atoms with Crippen LogP contribution in [-0.2, 0) is 4.79 Å². The normalized spacial score (nSPS) is 9.87. The monoisotopic (exact) mass is 197 g/mol. The lowest BCUT2D eigenvalue weighted by Crippen LogP contribution is -1.81. The molecule has 15 heavy (non-hydrogen) atoms. The quantitative estimate of drug-likeness (QED) is 0.803. The summed E-state index contributed by atoms with van der Waals surface area (Å²) in [5, 5.41) is 9.13. The van der Waals surface area contributed by atoms with Crippen molar-refractivity contribution in [3.63, 3.8) is 0 Å². The highest BCUT2D eigenvalue weighted by molar-refractivity contribution is 5.77. The number of rotatable bonds is 2. The number of phenols is 1. The lowest BCUT2D eigenvalue weighted by molar-refractivity contribution is 0.475. The van der Waals surface area contributed by atoms with Crippen molar-refractivity contribution in [2.24, 2.45) is 0 Å². The van der Waals surface area contributed by atoms with Gasteiger partial charge in [-0.25, -0.2) is 0 Å². The molecule has 0 bridgehead atoms. The van der Waals surface area contributed by atoms with Crippen LogP contribution in [0.5, 0.6) is 5.75 Å². The van der Waals surface area contributed by atoms with Crippen molar-refractivity contribution in [3.05, 3.63) is 54.1 Å². The van der Waals surface area contributed by atoms with Crippen LogP contribution in [0.15, 0.2) is 48.5 Å². The Hall–Kier alpha value is -2.09. The first-order valence-corrected chi connectivity index (χ1v) is 4.57. The molecular formula is C13H9O2. The van der Waals surface area contributed by atoms with Crippen LogP contribution < -0.4 is 0 Å². The Morgan fingerprint density at radius 1 is 0.800 bits per heavy atom. The molecule has 0 aliphatic heterocycles. The third-order valence-corrected chi connectivity index (χ3v) is 2.20. The van der Waals surface area contributed by atoms with Gasteiger partial charge in [0.15, 0.2) is 0 Å². The van der Waals surface area contributed by atoms with Gasteiger partial charge in [-0.15, -0.1) is 0 Å². The summed E-state index contributed by atoms with van der Waals surface area (Å²) in [6.07, 6.45) is 1.82. The van der Waals surface area contributed by atoms with E-state index in [4.69, 9.17) is 5.11 Å². The Balaban J connectivity index is 2.37. The van der Waals surface area contributed by atoms with Crippen LogP contribution in [0, 0.1) is 0 Å². The van der Waals surface area contributed by atoms with Gasteiger partial charge in [-0.05, 0) is 23.3 Å². The molecular weight excluding hydrogens is 188 g/mol. The highest BCUT2D eigenvalue weighted by atomic mass is 16.3. The topological polar surface area (TPSA) is 37.3 Å². The predicted octanol–water partition coefficient (Wildman–Crippen LogP) is 2.52. The van der Waals surface area contributed by atoms with Crippen molar-refractivity contribution < 1.29 is 9.90 Å². The highest BCUT2D eigenvalue weighted by Crippen LogP contribution is 2.21. The van der Waals surface area contributed by atoms with Gasteiger partial charge in [0.05, 0.1) is 0 Å². The van der Waals surface area contributed by atoms with E-state index in [0.717, 1.165) is 11.1 Å². The summed E-state index contributed by atoms with van der Waals surface area (Å²) in [6.45, 7) is 0. The third-order valence-electron chi connectivity index (χ3n) is 2.20. The Morgan fingerprint density at radius 3 is 1.73 bits per heavy atom. The van der Waals surface area contributed by atoms with Crippen molar-refractivity contribution in [3.8, 4) is 16.9 Å². The van der Waals surface area contributed by atoms with E-state index in [1.807, 2.05) is 30.6 Å². The molecule has 0 spiro atoms. The number of hydrogen-bond donors (Lipinski definition) is 1. The fourth-order valence-corrected chi connectivity index (χ4v) is 1.38. The van der Waals surface area contributed by atoms with Crippen LogP contribution in [0.3, 0.4) is 0 Å². The molecule has 0 heterocycles. The Kier molecular flexibility index (Phi) is 2.50. The van der Waals surface area contributed by atoms with Crippen molar-refractivity contribution in [2.75, 3.05) is 0 Å². The van der Waals surface area contributed by atoms with Gasteiger partial charge in [0.2, 0.25) is 6.29 Å². The van der Waals surface area contributed by atoms with Crippen LogP contribution in [0.25, 0.3) is 11.1 Å². The minimum absolute atomic E-state index is 0.247. The molecule has 2 rings (SSSR count). The number of phenolic OH excluding ortho intramolecular Hbond substituents is 1. The van der Waals surface area contributed by atoms with E-state index in [1.165, 1.54) is 0 Å². The molecule has 73 valence electrons. The van der Waals surface area contributed by atoms with Crippen molar-refractivity contribution in [1.82, 2.24) is 0 Å². The Morgan fingerprint density at radius 2 is 1.27 bits per heavy atom. The van der Waals surface area contributed by atoms with Crippen molar-refractivity contribution in [1.29, 1.82) is 0 Å². The lowest BCUT2D eigenvalue weighted by Gasteiger charge is -2.01. The summed E-state index contributed by atoms with van der Waals surface area (Å²) in [6, 6.07) is 14.1. The van der Waals surface area contributed by atoms with Gasteiger partial charge >= 0.3 is 0 Å². The van der Waals surface area contributed by atoms with E-state index < -0.39 is 0 Å². The van der Waals surface area contributed by atoms with Gasteiger partial charge < -0.3 is 5.11 Å². The van der Waals surface area contributed by atoms with E-state index in [9.17, 15) is 4.79 Å². The van der Waals surface area contributed by atoms with Gasteiger partial charge in [-0.2, -0.15) is 0 Å². The van der Waals surface area contributed by atoms with E-state index in [-0.39, 0.29) is 5.75 Å². The highest BCUT2D eigenvalue weighted by Gasteiger charge is 1.97. The van der Waals surface area contributed by atoms with E-state index in [1.54, 1.807) is 24.3 Å². The second kappa shape index (κ2) is 3.96. The molecule has 2 aromatic carbocycles. The molecule has 2 aromatic rings. The van der Waals surface area contributed by atoms with E-state index in [0.29, 0.717) is 5.56 Å². The van der Waals surface area contributed by atoms with Crippen LogP contribution in [0.4, 0.5) is 0 Å². The van der Waals surface area contributed by atoms with Crippen LogP contribution >= 0.6 is 0 Å². The third kappa shape index (κ3) is 2.05. The first-order chi connectivity index (χ1) is 7.29. The average Bonchev–Trinajstić information content (AvgIpc) is 2.30. The van der Waals surface area contributed by atoms with E-state index >= 15 is 0 Å². The van der Waals surface area contributed by atoms with E-state index in [2.05, 4.69) is 0 Å². The second-order valence-corrected chi connectivity index (χ2v) is 3.23. The maximum atomic E-state index is 10.3. The average molecular weight is 197 g/mol. The summed E-state index contributed by atoms with van der Waals surface area (Å²) >= 11 is 0. The number of benzene rings is 2. The summed E-state index contributed by atoms with van der Waals surface area (Å²) in [5.74, 6) is 0.247. The molecule has 0 saturated heterocycles. The second-order valence-electron chi connectivity index (χ2n) is 3.23. The smallest absolute Gasteiger partial charge is 0.233 e.